The van der Waals surface area contributed by atoms with E-state index in [1.54, 1.807) is 30.9 Å². The molecule has 2 aromatic rings. The van der Waals surface area contributed by atoms with Crippen LogP contribution in [0.25, 0.3) is 0 Å². The molecule has 3 rings (SSSR count). The van der Waals surface area contributed by atoms with Crippen molar-refractivity contribution in [2.24, 2.45) is 0 Å². The number of amides is 2. The van der Waals surface area contributed by atoms with E-state index >= 15 is 0 Å². The Bertz CT molecular complexity index is 1200. The summed E-state index contributed by atoms with van der Waals surface area (Å²) in [5.74, 6) is -0.574. The van der Waals surface area contributed by atoms with Gasteiger partial charge in [-0.25, -0.2) is 9.97 Å². The van der Waals surface area contributed by atoms with Gasteiger partial charge in [0, 0.05) is 35.9 Å². The van der Waals surface area contributed by atoms with Gasteiger partial charge in [0.25, 0.3) is 11.8 Å². The number of carbonyl (C=O) groups is 2. The zero-order chi connectivity index (χ0) is 26.1. The second-order valence-electron chi connectivity index (χ2n) is 8.63. The molecule has 0 bridgehead atoms. The van der Waals surface area contributed by atoms with Crippen LogP contribution in [-0.2, 0) is 11.3 Å². The van der Waals surface area contributed by atoms with Gasteiger partial charge in [0.15, 0.2) is 0 Å². The van der Waals surface area contributed by atoms with Crippen molar-refractivity contribution in [1.29, 1.82) is 5.41 Å². The first-order valence-corrected chi connectivity index (χ1v) is 10.6. The molecule has 9 nitrogen and oxygen atoms in total. The van der Waals surface area contributed by atoms with Crippen molar-refractivity contribution >= 4 is 29.7 Å². The van der Waals surface area contributed by atoms with Crippen molar-refractivity contribution in [3.63, 3.8) is 0 Å². The Hall–Kier alpha value is -3.80. The van der Waals surface area contributed by atoms with E-state index in [-0.39, 0.29) is 30.3 Å². The maximum Gasteiger partial charge on any atom is 0.419 e. The molecule has 12 heteroatoms. The number of rotatable bonds is 7. The van der Waals surface area contributed by atoms with Crippen molar-refractivity contribution in [3.8, 4) is 0 Å². The fourth-order valence-corrected chi connectivity index (χ4v) is 3.44. The number of nitrogens with zero attached hydrogens (tertiary/aromatic N) is 3. The van der Waals surface area contributed by atoms with Crippen molar-refractivity contribution in [1.82, 2.24) is 14.9 Å². The largest absolute Gasteiger partial charge is 0.419 e. The minimum atomic E-state index is -4.66. The van der Waals surface area contributed by atoms with Crippen LogP contribution in [0.2, 0.25) is 0 Å². The summed E-state index contributed by atoms with van der Waals surface area (Å²) in [5, 5.41) is 21.9. The molecule has 0 aromatic carbocycles. The molecule has 0 saturated heterocycles. The van der Waals surface area contributed by atoms with Gasteiger partial charge in [0.2, 0.25) is 0 Å². The number of anilines is 2. The summed E-state index contributed by atoms with van der Waals surface area (Å²) in [5.41, 5.74) is -0.706. The van der Waals surface area contributed by atoms with Crippen LogP contribution in [0, 0.1) is 12.3 Å². The fraction of sp³-hybridized carbons (Fsp3) is 0.348. The number of hydrogen-bond acceptors (Lipinski definition) is 7. The van der Waals surface area contributed by atoms with Crippen LogP contribution in [0.5, 0.6) is 0 Å². The van der Waals surface area contributed by atoms with Crippen LogP contribution in [0.1, 0.15) is 53.9 Å². The van der Waals surface area contributed by atoms with Gasteiger partial charge in [-0.15, -0.1) is 0 Å². The molecule has 1 aliphatic heterocycles. The third-order valence-corrected chi connectivity index (χ3v) is 5.56. The Morgan fingerprint density at radius 3 is 2.54 bits per heavy atom. The van der Waals surface area contributed by atoms with Crippen molar-refractivity contribution in [2.45, 2.75) is 52.1 Å². The molecular formula is C23H25F3N6O3. The lowest BCUT2D eigenvalue weighted by atomic mass is 10.1. The maximum absolute atomic E-state index is 13.1. The molecule has 0 aliphatic carbocycles. The Balaban J connectivity index is 1.81. The van der Waals surface area contributed by atoms with Crippen LogP contribution in [-0.4, -0.2) is 49.8 Å². The van der Waals surface area contributed by atoms with Crippen LogP contribution in [0.3, 0.4) is 0 Å². The first kappa shape index (κ1) is 25.8. The van der Waals surface area contributed by atoms with E-state index in [9.17, 15) is 27.9 Å². The van der Waals surface area contributed by atoms with E-state index in [2.05, 4.69) is 20.6 Å². The molecule has 0 saturated carbocycles. The summed E-state index contributed by atoms with van der Waals surface area (Å²) in [7, 11) is 0. The highest BCUT2D eigenvalue weighted by Gasteiger charge is 2.35. The maximum atomic E-state index is 13.1. The van der Waals surface area contributed by atoms with Crippen LogP contribution < -0.4 is 10.6 Å². The number of halogens is 3. The third kappa shape index (κ3) is 5.48. The van der Waals surface area contributed by atoms with Crippen molar-refractivity contribution in [3.05, 3.63) is 58.6 Å². The molecule has 35 heavy (non-hydrogen) atoms. The Morgan fingerprint density at radius 1 is 1.29 bits per heavy atom. The molecule has 4 N–H and O–H groups in total. The van der Waals surface area contributed by atoms with Gasteiger partial charge >= 0.3 is 6.18 Å². The van der Waals surface area contributed by atoms with Crippen LogP contribution in [0.15, 0.2) is 36.3 Å². The third-order valence-electron chi connectivity index (χ3n) is 5.56. The Kier molecular flexibility index (Phi) is 6.97. The first-order chi connectivity index (χ1) is 16.2. The van der Waals surface area contributed by atoms with E-state index in [1.807, 2.05) is 0 Å². The topological polar surface area (TPSA) is 131 Å². The number of aryl methyl sites for hydroxylation is 1. The minimum Gasteiger partial charge on any atom is -0.381 e. The lowest BCUT2D eigenvalue weighted by molar-refractivity contribution is -0.130. The summed E-state index contributed by atoms with van der Waals surface area (Å²) in [6, 6.07) is 2.81. The van der Waals surface area contributed by atoms with Gasteiger partial charge < -0.3 is 26.0 Å². The summed E-state index contributed by atoms with van der Waals surface area (Å²) in [6.07, 6.45) is -0.932. The average molecular weight is 490 g/mol. The van der Waals surface area contributed by atoms with E-state index < -0.39 is 29.3 Å². The number of pyridine rings is 2. The molecule has 186 valence electrons. The standard InChI is InChI=1S/C23H25F3N6O3/c1-12-7-14(9-29-18(12)30-10-15(8-27)23(24,25)26)13(2)32-11-17-16(20(32)33)5-6-28-19(17)31-21(34)22(3,4)35/h5-10,13,27,35H,11H2,1-4H3,(H,29,30)(H,28,31,34)/b15-10+,27-8?. The Labute approximate surface area is 199 Å². The smallest absolute Gasteiger partial charge is 0.381 e. The number of alkyl halides is 3. The molecule has 0 fully saturated rings. The van der Waals surface area contributed by atoms with Gasteiger partial charge in [-0.1, -0.05) is 0 Å². The Morgan fingerprint density at radius 2 is 1.97 bits per heavy atom. The first-order valence-electron chi connectivity index (χ1n) is 10.6. The minimum absolute atomic E-state index is 0.153. The second kappa shape index (κ2) is 9.45. The highest BCUT2D eigenvalue weighted by atomic mass is 19.4. The molecule has 2 amide bonds. The number of aliphatic hydroxyl groups is 1. The summed E-state index contributed by atoms with van der Waals surface area (Å²) in [4.78, 5) is 35.2. The van der Waals surface area contributed by atoms with Crippen LogP contribution in [0.4, 0.5) is 24.8 Å². The van der Waals surface area contributed by atoms with Gasteiger partial charge in [0.05, 0.1) is 18.2 Å². The van der Waals surface area contributed by atoms with E-state index in [4.69, 9.17) is 5.41 Å². The fourth-order valence-electron chi connectivity index (χ4n) is 3.44. The SMILES string of the molecule is Cc1cc(C(C)N2Cc3c(ccnc3NC(=O)C(C)(C)O)C2=O)cnc1N/C=C(\C=N)C(F)(F)F. The summed E-state index contributed by atoms with van der Waals surface area (Å²) in [6.45, 7) is 6.27. The molecular weight excluding hydrogens is 465 g/mol. The molecule has 3 heterocycles. The number of aromatic nitrogens is 2. The highest BCUT2D eigenvalue weighted by Crippen LogP contribution is 2.34. The lowest BCUT2D eigenvalue weighted by Gasteiger charge is -2.25. The van der Waals surface area contributed by atoms with E-state index in [0.717, 1.165) is 0 Å². The second-order valence-corrected chi connectivity index (χ2v) is 8.63. The number of fused-ring (bicyclic) bond motifs is 1. The molecule has 0 radical (unpaired) electrons. The monoisotopic (exact) mass is 490 g/mol. The zero-order valence-corrected chi connectivity index (χ0v) is 19.5. The number of hydrogen-bond donors (Lipinski definition) is 4. The van der Waals surface area contributed by atoms with Crippen LogP contribution >= 0.6 is 0 Å². The van der Waals surface area contributed by atoms with Gasteiger partial charge in [-0.2, -0.15) is 13.2 Å². The quantitative estimate of drug-likeness (QED) is 0.438. The lowest BCUT2D eigenvalue weighted by Crippen LogP contribution is -2.37. The predicted molar refractivity (Wildman–Crippen MR) is 123 cm³/mol. The number of allylic oxidation sites excluding steroid dienone is 1. The normalized spacial score (nSPS) is 15.0. The predicted octanol–water partition coefficient (Wildman–Crippen LogP) is 3.72. The van der Waals surface area contributed by atoms with Gasteiger partial charge in [0.1, 0.15) is 17.2 Å². The number of nitrogens with one attached hydrogen (secondary N) is 3. The molecule has 1 unspecified atom stereocenters. The summed E-state index contributed by atoms with van der Waals surface area (Å²) < 4.78 is 38.4. The van der Waals surface area contributed by atoms with Gasteiger partial charge in [-0.05, 0) is 51.0 Å². The van der Waals surface area contributed by atoms with Gasteiger partial charge in [-0.3, -0.25) is 9.59 Å². The molecule has 1 atom stereocenters. The molecule has 1 aliphatic rings. The van der Waals surface area contributed by atoms with E-state index in [0.29, 0.717) is 28.5 Å². The number of carbonyl (C=O) groups excluding carboxylic acids is 2. The highest BCUT2D eigenvalue weighted by molar-refractivity contribution is 6.02. The van der Waals surface area contributed by atoms with E-state index in [1.165, 1.54) is 26.2 Å². The average Bonchev–Trinajstić information content (AvgIpc) is 3.10. The molecule has 0 spiro atoms. The zero-order valence-electron chi connectivity index (χ0n) is 19.5. The van der Waals surface area contributed by atoms with Crippen molar-refractivity contribution in [2.75, 3.05) is 10.6 Å². The van der Waals surface area contributed by atoms with Crippen molar-refractivity contribution < 1.29 is 27.9 Å². The molecule has 2 aromatic heterocycles. The summed E-state index contributed by atoms with van der Waals surface area (Å²) >= 11 is 0.